The maximum atomic E-state index is 12.7. The van der Waals surface area contributed by atoms with Crippen LogP contribution in [0.4, 0.5) is 13.2 Å². The van der Waals surface area contributed by atoms with E-state index in [1.165, 1.54) is 22.7 Å². The molecule has 2 aromatic rings. The number of nitrogens with zero attached hydrogens (tertiary/aromatic N) is 2. The van der Waals surface area contributed by atoms with Crippen LogP contribution in [0.25, 0.3) is 0 Å². The van der Waals surface area contributed by atoms with Crippen molar-refractivity contribution >= 4 is 22.1 Å². The number of alkyl halides is 3. The van der Waals surface area contributed by atoms with Crippen molar-refractivity contribution in [3.63, 3.8) is 0 Å². The average molecular weight is 470 g/mol. The minimum Gasteiger partial charge on any atom is -0.325 e. The fourth-order valence-electron chi connectivity index (χ4n) is 3.28. The van der Waals surface area contributed by atoms with Gasteiger partial charge in [0.1, 0.15) is 0 Å². The Morgan fingerprint density at radius 2 is 1.69 bits per heavy atom. The molecule has 0 unspecified atom stereocenters. The fourth-order valence-corrected chi connectivity index (χ4v) is 4.72. The summed E-state index contributed by atoms with van der Waals surface area (Å²) in [5.74, 6) is -0.363. The topological polar surface area (TPSA) is 83.3 Å². The van der Waals surface area contributed by atoms with Gasteiger partial charge < -0.3 is 4.90 Å². The molecular weight excluding hydrogens is 445 g/mol. The summed E-state index contributed by atoms with van der Waals surface area (Å²) in [6.45, 7) is 3.55. The number of hydrogen-bond donors (Lipinski definition) is 2. The summed E-state index contributed by atoms with van der Waals surface area (Å²) >= 11 is 0. The lowest BCUT2D eigenvalue weighted by molar-refractivity contribution is -0.895. The van der Waals surface area contributed by atoms with E-state index in [1.54, 1.807) is 24.3 Å². The first-order valence-electron chi connectivity index (χ1n) is 9.95. The first kappa shape index (κ1) is 23.9. The summed E-state index contributed by atoms with van der Waals surface area (Å²) in [5.41, 5.74) is 2.99. The molecule has 0 aromatic heterocycles. The smallest absolute Gasteiger partial charge is 0.325 e. The molecular formula is C21H24F3N4O3S+. The molecule has 11 heteroatoms. The molecule has 32 heavy (non-hydrogen) atoms. The lowest BCUT2D eigenvalue weighted by atomic mass is 10.1. The zero-order valence-electron chi connectivity index (χ0n) is 17.4. The van der Waals surface area contributed by atoms with Crippen molar-refractivity contribution in [2.24, 2.45) is 5.10 Å². The molecule has 1 heterocycles. The Bertz CT molecular complexity index is 1060. The van der Waals surface area contributed by atoms with E-state index in [4.69, 9.17) is 0 Å². The molecule has 0 spiro atoms. The van der Waals surface area contributed by atoms with Crippen molar-refractivity contribution in [3.05, 3.63) is 65.2 Å². The Labute approximate surface area is 184 Å². The van der Waals surface area contributed by atoms with E-state index in [9.17, 15) is 26.4 Å². The molecule has 0 atom stereocenters. The van der Waals surface area contributed by atoms with Crippen LogP contribution in [0.5, 0.6) is 0 Å². The quantitative estimate of drug-likeness (QED) is 0.490. The van der Waals surface area contributed by atoms with Crippen molar-refractivity contribution in [3.8, 4) is 0 Å². The van der Waals surface area contributed by atoms with Gasteiger partial charge in [-0.1, -0.05) is 29.8 Å². The summed E-state index contributed by atoms with van der Waals surface area (Å²) in [6, 6.07) is 11.1. The van der Waals surface area contributed by atoms with Crippen LogP contribution in [0, 0.1) is 6.92 Å². The molecule has 1 amide bonds. The largest absolute Gasteiger partial charge is 0.416 e. The van der Waals surface area contributed by atoms with Gasteiger partial charge >= 0.3 is 6.18 Å². The van der Waals surface area contributed by atoms with Crippen LogP contribution < -0.4 is 10.3 Å². The highest BCUT2D eigenvalue weighted by atomic mass is 32.2. The molecule has 2 aromatic carbocycles. The minimum atomic E-state index is -4.41. The van der Waals surface area contributed by atoms with Crippen LogP contribution >= 0.6 is 0 Å². The Morgan fingerprint density at radius 3 is 2.25 bits per heavy atom. The number of rotatable bonds is 6. The van der Waals surface area contributed by atoms with E-state index in [-0.39, 0.29) is 17.3 Å². The standard InChI is InChI=1S/C21H23F3N4O3S/c1-16-2-8-19(9-3-16)32(30,31)28-12-10-27(11-13-28)15-20(29)26-25-14-17-4-6-18(7-5-17)21(22,23)24/h2-9,14H,10-13,15H2,1H3,(H,26,29)/p+1/b25-14+. The average Bonchev–Trinajstić information content (AvgIpc) is 2.74. The second-order valence-electron chi connectivity index (χ2n) is 7.56. The van der Waals surface area contributed by atoms with Crippen molar-refractivity contribution in [2.45, 2.75) is 18.0 Å². The Kier molecular flexibility index (Phi) is 7.32. The van der Waals surface area contributed by atoms with Crippen molar-refractivity contribution < 1.29 is 31.3 Å². The lowest BCUT2D eigenvalue weighted by Gasteiger charge is -2.31. The SMILES string of the molecule is Cc1ccc(S(=O)(=O)N2CC[NH+](CC(=O)N/N=C/c3ccc(C(F)(F)F)cc3)CC2)cc1. The predicted octanol–water partition coefficient (Wildman–Crippen LogP) is 1.05. The van der Waals surface area contributed by atoms with Crippen LogP contribution in [0.3, 0.4) is 0 Å². The monoisotopic (exact) mass is 469 g/mol. The van der Waals surface area contributed by atoms with E-state index < -0.39 is 21.8 Å². The number of halogens is 3. The molecule has 1 saturated heterocycles. The Hall–Kier alpha value is -2.76. The Morgan fingerprint density at radius 1 is 1.09 bits per heavy atom. The van der Waals surface area contributed by atoms with Gasteiger partial charge in [0.05, 0.1) is 42.9 Å². The number of benzene rings is 2. The molecule has 172 valence electrons. The number of piperazine rings is 1. The van der Waals surface area contributed by atoms with Gasteiger partial charge in [0.2, 0.25) is 10.0 Å². The van der Waals surface area contributed by atoms with Crippen molar-refractivity contribution in [2.75, 3.05) is 32.7 Å². The van der Waals surface area contributed by atoms with E-state index >= 15 is 0 Å². The minimum absolute atomic E-state index is 0.114. The number of aryl methyl sites for hydroxylation is 1. The third-order valence-electron chi connectivity index (χ3n) is 5.14. The van der Waals surface area contributed by atoms with Gasteiger partial charge in [-0.3, -0.25) is 4.79 Å². The predicted molar refractivity (Wildman–Crippen MR) is 113 cm³/mol. The van der Waals surface area contributed by atoms with Gasteiger partial charge in [0.15, 0.2) is 6.54 Å². The van der Waals surface area contributed by atoms with Crippen LogP contribution in [-0.4, -0.2) is 57.6 Å². The van der Waals surface area contributed by atoms with E-state index in [0.717, 1.165) is 22.6 Å². The Balaban J connectivity index is 1.46. The molecule has 1 fully saturated rings. The molecule has 0 radical (unpaired) electrons. The number of amides is 1. The molecule has 7 nitrogen and oxygen atoms in total. The normalized spacial score (nSPS) is 16.4. The highest BCUT2D eigenvalue weighted by Gasteiger charge is 2.31. The van der Waals surface area contributed by atoms with Crippen molar-refractivity contribution in [1.82, 2.24) is 9.73 Å². The van der Waals surface area contributed by atoms with Gasteiger partial charge in [-0.05, 0) is 36.8 Å². The zero-order valence-corrected chi connectivity index (χ0v) is 18.2. The van der Waals surface area contributed by atoms with E-state index in [0.29, 0.717) is 31.7 Å². The third-order valence-corrected chi connectivity index (χ3v) is 7.05. The number of nitrogens with one attached hydrogen (secondary N) is 2. The molecule has 3 rings (SSSR count). The van der Waals surface area contributed by atoms with Gasteiger partial charge in [-0.15, -0.1) is 0 Å². The van der Waals surface area contributed by atoms with Gasteiger partial charge in [0, 0.05) is 0 Å². The summed E-state index contributed by atoms with van der Waals surface area (Å²) in [6.07, 6.45) is -3.14. The van der Waals surface area contributed by atoms with Crippen LogP contribution in [0.1, 0.15) is 16.7 Å². The van der Waals surface area contributed by atoms with E-state index in [1.807, 2.05) is 6.92 Å². The number of carbonyl (C=O) groups is 1. The molecule has 0 aliphatic carbocycles. The van der Waals surface area contributed by atoms with Crippen molar-refractivity contribution in [1.29, 1.82) is 0 Å². The second-order valence-corrected chi connectivity index (χ2v) is 9.49. The summed E-state index contributed by atoms with van der Waals surface area (Å²) in [7, 11) is -3.56. The van der Waals surface area contributed by atoms with Gasteiger partial charge in [-0.2, -0.15) is 22.6 Å². The van der Waals surface area contributed by atoms with Crippen LogP contribution in [-0.2, 0) is 21.0 Å². The number of carbonyl (C=O) groups excluding carboxylic acids is 1. The first-order valence-corrected chi connectivity index (χ1v) is 11.4. The number of hydrogen-bond acceptors (Lipinski definition) is 4. The zero-order chi connectivity index (χ0) is 23.4. The van der Waals surface area contributed by atoms with Crippen LogP contribution in [0.15, 0.2) is 58.5 Å². The maximum Gasteiger partial charge on any atom is 0.416 e. The lowest BCUT2D eigenvalue weighted by Crippen LogP contribution is -3.15. The van der Waals surface area contributed by atoms with E-state index in [2.05, 4.69) is 10.5 Å². The van der Waals surface area contributed by atoms with Crippen LogP contribution in [0.2, 0.25) is 0 Å². The number of sulfonamides is 1. The van der Waals surface area contributed by atoms with Gasteiger partial charge in [0.25, 0.3) is 5.91 Å². The summed E-state index contributed by atoms with van der Waals surface area (Å²) < 4.78 is 64.6. The number of quaternary nitrogens is 1. The maximum absolute atomic E-state index is 12.7. The summed E-state index contributed by atoms with van der Waals surface area (Å²) in [4.78, 5) is 13.3. The fraction of sp³-hybridized carbons (Fsp3) is 0.333. The number of hydrazone groups is 1. The molecule has 1 aliphatic rings. The molecule has 1 aliphatic heterocycles. The summed E-state index contributed by atoms with van der Waals surface area (Å²) in [5, 5.41) is 3.77. The third kappa shape index (κ3) is 6.15. The molecule has 0 saturated carbocycles. The highest BCUT2D eigenvalue weighted by molar-refractivity contribution is 7.89. The molecule has 0 bridgehead atoms. The molecule has 2 N–H and O–H groups in total. The van der Waals surface area contributed by atoms with Gasteiger partial charge in [-0.25, -0.2) is 13.8 Å². The second kappa shape index (κ2) is 9.80. The first-order chi connectivity index (χ1) is 15.1. The highest BCUT2D eigenvalue weighted by Crippen LogP contribution is 2.28.